The number of fused-ring (bicyclic) bond motifs is 1. The number of H-pyrrole nitrogens is 1. The summed E-state index contributed by atoms with van der Waals surface area (Å²) in [6.07, 6.45) is 0. The van der Waals surface area contributed by atoms with E-state index < -0.39 is 10.0 Å². The van der Waals surface area contributed by atoms with Crippen LogP contribution >= 0.6 is 0 Å². The Labute approximate surface area is 108 Å². The van der Waals surface area contributed by atoms with Crippen LogP contribution in [0.5, 0.6) is 0 Å². The molecule has 2 aromatic heterocycles. The molecule has 9 heteroatoms. The molecule has 0 saturated carbocycles. The van der Waals surface area contributed by atoms with E-state index in [1.54, 1.807) is 11.7 Å². The van der Waals surface area contributed by atoms with E-state index in [9.17, 15) is 8.42 Å². The molecule has 3 aromatic rings. The molecule has 0 amide bonds. The molecule has 19 heavy (non-hydrogen) atoms. The molecular weight excluding hydrogens is 268 g/mol. The SMILES string of the molecule is Cn1nc(-c2n[nH]c(S(N)(=O)=O)n2)c2ccccc21. The van der Waals surface area contributed by atoms with E-state index in [0.29, 0.717) is 5.69 Å². The first-order valence-electron chi connectivity index (χ1n) is 5.34. The van der Waals surface area contributed by atoms with Gasteiger partial charge in [0.25, 0.3) is 15.2 Å². The number of nitrogens with one attached hydrogen (secondary N) is 1. The number of primary sulfonamides is 1. The summed E-state index contributed by atoms with van der Waals surface area (Å²) in [6, 6.07) is 7.52. The second-order valence-electron chi connectivity index (χ2n) is 4.00. The van der Waals surface area contributed by atoms with E-state index in [-0.39, 0.29) is 11.0 Å². The van der Waals surface area contributed by atoms with Crippen molar-refractivity contribution >= 4 is 20.9 Å². The number of para-hydroxylation sites is 1. The Morgan fingerprint density at radius 2 is 2.05 bits per heavy atom. The van der Waals surface area contributed by atoms with Gasteiger partial charge in [-0.25, -0.2) is 18.7 Å². The smallest absolute Gasteiger partial charge is 0.267 e. The molecule has 0 unspecified atom stereocenters. The first kappa shape index (κ1) is 11.8. The number of sulfonamides is 1. The van der Waals surface area contributed by atoms with E-state index in [0.717, 1.165) is 10.9 Å². The van der Waals surface area contributed by atoms with Gasteiger partial charge in [-0.3, -0.25) is 4.68 Å². The Bertz CT molecular complexity index is 863. The molecular formula is C10H10N6O2S. The van der Waals surface area contributed by atoms with Gasteiger partial charge in [-0.2, -0.15) is 15.2 Å². The Hall–Kier alpha value is -2.26. The van der Waals surface area contributed by atoms with Gasteiger partial charge in [0.2, 0.25) is 5.82 Å². The molecule has 0 atom stereocenters. The van der Waals surface area contributed by atoms with Gasteiger partial charge < -0.3 is 0 Å². The van der Waals surface area contributed by atoms with Gasteiger partial charge in [0.15, 0.2) is 0 Å². The summed E-state index contributed by atoms with van der Waals surface area (Å²) in [5, 5.41) is 15.9. The minimum absolute atomic E-state index is 0.195. The molecule has 0 bridgehead atoms. The highest BCUT2D eigenvalue weighted by Gasteiger charge is 2.18. The molecule has 0 saturated heterocycles. The van der Waals surface area contributed by atoms with Crippen molar-refractivity contribution in [3.05, 3.63) is 24.3 Å². The normalized spacial score (nSPS) is 12.1. The maximum atomic E-state index is 11.2. The number of rotatable bonds is 2. The highest BCUT2D eigenvalue weighted by molar-refractivity contribution is 7.89. The van der Waals surface area contributed by atoms with Crippen molar-refractivity contribution < 1.29 is 8.42 Å². The number of aromatic nitrogens is 5. The third kappa shape index (κ3) is 1.88. The Morgan fingerprint density at radius 1 is 1.32 bits per heavy atom. The summed E-state index contributed by atoms with van der Waals surface area (Å²) in [5.41, 5.74) is 1.41. The first-order valence-corrected chi connectivity index (χ1v) is 6.89. The number of hydrogen-bond donors (Lipinski definition) is 2. The van der Waals surface area contributed by atoms with Crippen molar-refractivity contribution in [2.45, 2.75) is 5.16 Å². The molecule has 0 aliphatic carbocycles. The topological polar surface area (TPSA) is 120 Å². The van der Waals surface area contributed by atoms with Crippen molar-refractivity contribution in [1.82, 2.24) is 25.0 Å². The lowest BCUT2D eigenvalue weighted by Gasteiger charge is -1.90. The minimum Gasteiger partial charge on any atom is -0.267 e. The van der Waals surface area contributed by atoms with E-state index in [1.807, 2.05) is 24.3 Å². The van der Waals surface area contributed by atoms with Crippen molar-refractivity contribution in [1.29, 1.82) is 0 Å². The summed E-state index contributed by atoms with van der Waals surface area (Å²) >= 11 is 0. The molecule has 0 aliphatic rings. The summed E-state index contributed by atoms with van der Waals surface area (Å²) < 4.78 is 24.0. The standard InChI is InChI=1S/C10H10N6O2S/c1-16-7-5-3-2-4-6(7)8(15-16)9-12-10(14-13-9)19(11,17)18/h2-5H,1H3,(H2,11,17,18)(H,12,13,14). The number of benzene rings is 1. The predicted octanol–water partition coefficient (Wildman–Crippen LogP) is 0.00580. The highest BCUT2D eigenvalue weighted by Crippen LogP contribution is 2.24. The van der Waals surface area contributed by atoms with E-state index in [2.05, 4.69) is 20.3 Å². The van der Waals surface area contributed by atoms with Crippen LogP contribution < -0.4 is 5.14 Å². The zero-order valence-electron chi connectivity index (χ0n) is 9.90. The molecule has 3 N–H and O–H groups in total. The van der Waals surface area contributed by atoms with E-state index in [1.165, 1.54) is 0 Å². The van der Waals surface area contributed by atoms with Gasteiger partial charge in [-0.05, 0) is 6.07 Å². The van der Waals surface area contributed by atoms with Gasteiger partial charge in [-0.1, -0.05) is 18.2 Å². The average Bonchev–Trinajstić information content (AvgIpc) is 2.94. The van der Waals surface area contributed by atoms with Crippen molar-refractivity contribution in [3.63, 3.8) is 0 Å². The van der Waals surface area contributed by atoms with Crippen LogP contribution in [-0.2, 0) is 17.1 Å². The Morgan fingerprint density at radius 3 is 2.74 bits per heavy atom. The molecule has 0 radical (unpaired) electrons. The molecule has 0 spiro atoms. The van der Waals surface area contributed by atoms with E-state index in [4.69, 9.17) is 5.14 Å². The maximum Gasteiger partial charge on any atom is 0.273 e. The lowest BCUT2D eigenvalue weighted by Crippen LogP contribution is -2.13. The third-order valence-corrected chi connectivity index (χ3v) is 3.43. The minimum atomic E-state index is -3.90. The Kier molecular flexibility index (Phi) is 2.40. The second-order valence-corrected chi connectivity index (χ2v) is 5.48. The summed E-state index contributed by atoms with van der Waals surface area (Å²) in [4.78, 5) is 3.86. The number of nitrogens with two attached hydrogens (primary N) is 1. The Balaban J connectivity index is 2.23. The predicted molar refractivity (Wildman–Crippen MR) is 67.5 cm³/mol. The van der Waals surface area contributed by atoms with Crippen molar-refractivity contribution in [2.24, 2.45) is 12.2 Å². The average molecular weight is 278 g/mol. The van der Waals surface area contributed by atoms with Gasteiger partial charge in [-0.15, -0.1) is 0 Å². The molecule has 0 fully saturated rings. The van der Waals surface area contributed by atoms with Crippen LogP contribution in [0, 0.1) is 0 Å². The van der Waals surface area contributed by atoms with Crippen LogP contribution in [0.25, 0.3) is 22.4 Å². The summed E-state index contributed by atoms with van der Waals surface area (Å²) in [5.74, 6) is 0.195. The largest absolute Gasteiger partial charge is 0.273 e. The monoisotopic (exact) mass is 278 g/mol. The number of hydrogen-bond acceptors (Lipinski definition) is 5. The highest BCUT2D eigenvalue weighted by atomic mass is 32.2. The fraction of sp³-hybridized carbons (Fsp3) is 0.100. The first-order chi connectivity index (χ1) is 8.97. The summed E-state index contributed by atoms with van der Waals surface area (Å²) in [6.45, 7) is 0. The van der Waals surface area contributed by atoms with Gasteiger partial charge >= 0.3 is 0 Å². The van der Waals surface area contributed by atoms with Crippen LogP contribution in [-0.4, -0.2) is 33.4 Å². The maximum absolute atomic E-state index is 11.2. The van der Waals surface area contributed by atoms with Crippen LogP contribution in [0.1, 0.15) is 0 Å². The fourth-order valence-corrected chi connectivity index (χ4v) is 2.25. The molecule has 2 heterocycles. The van der Waals surface area contributed by atoms with Crippen LogP contribution in [0.2, 0.25) is 0 Å². The molecule has 0 aliphatic heterocycles. The van der Waals surface area contributed by atoms with Gasteiger partial charge in [0, 0.05) is 12.4 Å². The molecule has 1 aromatic carbocycles. The zero-order chi connectivity index (χ0) is 13.6. The van der Waals surface area contributed by atoms with Crippen molar-refractivity contribution in [2.75, 3.05) is 0 Å². The molecule has 98 valence electrons. The summed E-state index contributed by atoms with van der Waals surface area (Å²) in [7, 11) is -2.11. The number of nitrogens with zero attached hydrogens (tertiary/aromatic N) is 4. The quantitative estimate of drug-likeness (QED) is 0.684. The third-order valence-electron chi connectivity index (χ3n) is 2.70. The molecule has 8 nitrogen and oxygen atoms in total. The van der Waals surface area contributed by atoms with Gasteiger partial charge in [0.05, 0.1) is 5.52 Å². The number of aromatic amines is 1. The van der Waals surface area contributed by atoms with Crippen LogP contribution in [0.4, 0.5) is 0 Å². The van der Waals surface area contributed by atoms with E-state index >= 15 is 0 Å². The lowest BCUT2D eigenvalue weighted by atomic mass is 10.2. The second kappa shape index (κ2) is 3.87. The molecule has 3 rings (SSSR count). The fourth-order valence-electron chi connectivity index (χ4n) is 1.86. The van der Waals surface area contributed by atoms with Gasteiger partial charge in [0.1, 0.15) is 5.69 Å². The lowest BCUT2D eigenvalue weighted by molar-refractivity contribution is 0.589. The van der Waals surface area contributed by atoms with Crippen LogP contribution in [0.3, 0.4) is 0 Å². The van der Waals surface area contributed by atoms with Crippen molar-refractivity contribution in [3.8, 4) is 11.5 Å². The number of aryl methyl sites for hydroxylation is 1. The van der Waals surface area contributed by atoms with Crippen LogP contribution in [0.15, 0.2) is 29.4 Å². The zero-order valence-corrected chi connectivity index (χ0v) is 10.7.